The van der Waals surface area contributed by atoms with Crippen molar-refractivity contribution in [3.05, 3.63) is 71.0 Å². The van der Waals surface area contributed by atoms with Gasteiger partial charge in [-0.3, -0.25) is 9.59 Å². The van der Waals surface area contributed by atoms with E-state index >= 15 is 0 Å². The van der Waals surface area contributed by atoms with Crippen molar-refractivity contribution < 1.29 is 18.7 Å². The zero-order valence-corrected chi connectivity index (χ0v) is 16.2. The molecule has 2 aromatic rings. The van der Waals surface area contributed by atoms with Gasteiger partial charge in [0.15, 0.2) is 6.61 Å². The molecule has 148 valence electrons. The number of carbonyl (C=O) groups excluding carboxylic acids is 2. The molecule has 1 N–H and O–H groups in total. The largest absolute Gasteiger partial charge is 0.455 e. The quantitative estimate of drug-likeness (QED) is 0.739. The van der Waals surface area contributed by atoms with Crippen LogP contribution in [0.2, 0.25) is 0 Å². The number of benzene rings is 2. The molecule has 4 nitrogen and oxygen atoms in total. The molecule has 0 radical (unpaired) electrons. The molecule has 0 aromatic heterocycles. The number of esters is 1. The Morgan fingerprint density at radius 3 is 2.46 bits per heavy atom. The predicted octanol–water partition coefficient (Wildman–Crippen LogP) is 3.85. The van der Waals surface area contributed by atoms with Crippen LogP contribution in [0.25, 0.3) is 0 Å². The first-order valence-corrected chi connectivity index (χ1v) is 9.76. The van der Waals surface area contributed by atoms with Crippen LogP contribution in [0.3, 0.4) is 0 Å². The first-order valence-electron chi connectivity index (χ1n) is 9.76. The summed E-state index contributed by atoms with van der Waals surface area (Å²) in [6, 6.07) is 14.3. The highest BCUT2D eigenvalue weighted by molar-refractivity contribution is 5.86. The van der Waals surface area contributed by atoms with Crippen LogP contribution >= 0.6 is 0 Å². The van der Waals surface area contributed by atoms with Gasteiger partial charge in [-0.15, -0.1) is 0 Å². The molecule has 1 aliphatic carbocycles. The lowest BCUT2D eigenvalue weighted by atomic mass is 9.78. The van der Waals surface area contributed by atoms with E-state index < -0.39 is 17.2 Å². The second-order valence-corrected chi connectivity index (χ2v) is 7.37. The lowest BCUT2D eigenvalue weighted by Crippen LogP contribution is -2.38. The molecule has 5 heteroatoms. The van der Waals surface area contributed by atoms with E-state index in [2.05, 4.69) is 5.32 Å². The van der Waals surface area contributed by atoms with Crippen molar-refractivity contribution in [1.82, 2.24) is 5.32 Å². The summed E-state index contributed by atoms with van der Waals surface area (Å²) in [6.45, 7) is 2.16. The Bertz CT molecular complexity index is 843. The van der Waals surface area contributed by atoms with Gasteiger partial charge < -0.3 is 10.1 Å². The molecule has 28 heavy (non-hydrogen) atoms. The SMILES string of the molecule is Cc1ccccc1CCNC(=O)COC(=O)C1(c2ccccc2F)CCCC1. The number of aryl methyl sites for hydroxylation is 1. The van der Waals surface area contributed by atoms with Gasteiger partial charge in [0.05, 0.1) is 5.41 Å². The summed E-state index contributed by atoms with van der Waals surface area (Å²) in [6.07, 6.45) is 3.48. The Labute approximate surface area is 165 Å². The molecule has 0 atom stereocenters. The van der Waals surface area contributed by atoms with E-state index in [0.717, 1.165) is 12.8 Å². The monoisotopic (exact) mass is 383 g/mol. The van der Waals surface area contributed by atoms with Crippen molar-refractivity contribution in [2.75, 3.05) is 13.2 Å². The number of ether oxygens (including phenoxy) is 1. The van der Waals surface area contributed by atoms with Crippen LogP contribution < -0.4 is 5.32 Å². The zero-order valence-electron chi connectivity index (χ0n) is 16.2. The Balaban J connectivity index is 1.54. The number of hydrogen-bond acceptors (Lipinski definition) is 3. The van der Waals surface area contributed by atoms with Gasteiger partial charge in [0, 0.05) is 12.1 Å². The number of carbonyl (C=O) groups is 2. The molecule has 0 aliphatic heterocycles. The molecule has 0 spiro atoms. The van der Waals surface area contributed by atoms with E-state index in [1.54, 1.807) is 18.2 Å². The lowest BCUT2D eigenvalue weighted by molar-refractivity contribution is -0.154. The van der Waals surface area contributed by atoms with Gasteiger partial charge >= 0.3 is 5.97 Å². The van der Waals surface area contributed by atoms with Gasteiger partial charge in [-0.05, 0) is 43.4 Å². The van der Waals surface area contributed by atoms with Gasteiger partial charge in [-0.1, -0.05) is 55.3 Å². The summed E-state index contributed by atoms with van der Waals surface area (Å²) >= 11 is 0. The minimum atomic E-state index is -0.979. The molecule has 1 aliphatic rings. The first-order chi connectivity index (χ1) is 13.5. The third-order valence-electron chi connectivity index (χ3n) is 5.55. The van der Waals surface area contributed by atoms with Gasteiger partial charge in [-0.25, -0.2) is 4.39 Å². The third-order valence-corrected chi connectivity index (χ3v) is 5.55. The molecule has 0 heterocycles. The maximum atomic E-state index is 14.3. The van der Waals surface area contributed by atoms with E-state index in [0.29, 0.717) is 31.4 Å². The Hall–Kier alpha value is -2.69. The molecule has 1 amide bonds. The first kappa shape index (κ1) is 20.1. The van der Waals surface area contributed by atoms with E-state index in [1.165, 1.54) is 17.2 Å². The Morgan fingerprint density at radius 1 is 1.07 bits per heavy atom. The normalized spacial score (nSPS) is 15.2. The minimum absolute atomic E-state index is 0.344. The maximum Gasteiger partial charge on any atom is 0.317 e. The van der Waals surface area contributed by atoms with E-state index in [4.69, 9.17) is 4.74 Å². The summed E-state index contributed by atoms with van der Waals surface area (Å²) in [5, 5.41) is 2.78. The summed E-state index contributed by atoms with van der Waals surface area (Å²) < 4.78 is 19.6. The van der Waals surface area contributed by atoms with Crippen LogP contribution in [0.4, 0.5) is 4.39 Å². The number of amides is 1. The molecule has 1 fully saturated rings. The van der Waals surface area contributed by atoms with Crippen LogP contribution in [0.1, 0.15) is 42.4 Å². The van der Waals surface area contributed by atoms with Gasteiger partial charge in [0.2, 0.25) is 0 Å². The van der Waals surface area contributed by atoms with Crippen molar-refractivity contribution in [2.45, 2.75) is 44.4 Å². The molecule has 0 saturated heterocycles. The molecule has 0 bridgehead atoms. The van der Waals surface area contributed by atoms with Gasteiger partial charge in [0.1, 0.15) is 5.82 Å². The Morgan fingerprint density at radius 2 is 1.75 bits per heavy atom. The molecule has 2 aromatic carbocycles. The molecule has 3 rings (SSSR count). The Kier molecular flexibility index (Phi) is 6.45. The van der Waals surface area contributed by atoms with Crippen LogP contribution in [-0.4, -0.2) is 25.0 Å². The van der Waals surface area contributed by atoms with Crippen molar-refractivity contribution in [2.24, 2.45) is 0 Å². The van der Waals surface area contributed by atoms with E-state index in [9.17, 15) is 14.0 Å². The molecular formula is C23H26FNO3. The second-order valence-electron chi connectivity index (χ2n) is 7.37. The fraction of sp³-hybridized carbons (Fsp3) is 0.391. The second kappa shape index (κ2) is 9.00. The van der Waals surface area contributed by atoms with E-state index in [1.807, 2.05) is 31.2 Å². The maximum absolute atomic E-state index is 14.3. The fourth-order valence-corrected chi connectivity index (χ4v) is 3.96. The molecule has 1 saturated carbocycles. The summed E-state index contributed by atoms with van der Waals surface area (Å²) in [4.78, 5) is 24.9. The fourth-order valence-electron chi connectivity index (χ4n) is 3.96. The van der Waals surface area contributed by atoms with Crippen molar-refractivity contribution in [3.63, 3.8) is 0 Å². The average molecular weight is 383 g/mol. The average Bonchev–Trinajstić information content (AvgIpc) is 3.19. The predicted molar refractivity (Wildman–Crippen MR) is 105 cm³/mol. The number of nitrogens with one attached hydrogen (secondary N) is 1. The van der Waals surface area contributed by atoms with Gasteiger partial charge in [0.25, 0.3) is 5.91 Å². The zero-order chi connectivity index (χ0) is 20.0. The van der Waals surface area contributed by atoms with Gasteiger partial charge in [-0.2, -0.15) is 0 Å². The molecule has 0 unspecified atom stereocenters. The van der Waals surface area contributed by atoms with Crippen LogP contribution in [0, 0.1) is 12.7 Å². The smallest absolute Gasteiger partial charge is 0.317 e. The minimum Gasteiger partial charge on any atom is -0.455 e. The topological polar surface area (TPSA) is 55.4 Å². The number of halogens is 1. The van der Waals surface area contributed by atoms with Crippen LogP contribution in [0.5, 0.6) is 0 Å². The highest BCUT2D eigenvalue weighted by Crippen LogP contribution is 2.43. The standard InChI is InChI=1S/C23H26FNO3/c1-17-8-2-3-9-18(17)12-15-25-21(26)16-28-22(27)23(13-6-7-14-23)19-10-4-5-11-20(19)24/h2-5,8-11H,6-7,12-16H2,1H3,(H,25,26). The summed E-state index contributed by atoms with van der Waals surface area (Å²) in [7, 11) is 0. The van der Waals surface area contributed by atoms with Crippen molar-refractivity contribution in [1.29, 1.82) is 0 Å². The van der Waals surface area contributed by atoms with E-state index in [-0.39, 0.29) is 12.5 Å². The lowest BCUT2D eigenvalue weighted by Gasteiger charge is -2.27. The number of hydrogen-bond donors (Lipinski definition) is 1. The summed E-state index contributed by atoms with van der Waals surface area (Å²) in [5.41, 5.74) is 1.74. The highest BCUT2D eigenvalue weighted by Gasteiger charge is 2.45. The third kappa shape index (κ3) is 4.41. The van der Waals surface area contributed by atoms with Crippen LogP contribution in [0.15, 0.2) is 48.5 Å². The highest BCUT2D eigenvalue weighted by atomic mass is 19.1. The summed E-state index contributed by atoms with van der Waals surface area (Å²) in [5.74, 6) is -1.25. The van der Waals surface area contributed by atoms with Crippen LogP contribution in [-0.2, 0) is 26.2 Å². The van der Waals surface area contributed by atoms with Crippen molar-refractivity contribution >= 4 is 11.9 Å². The van der Waals surface area contributed by atoms with Crippen molar-refractivity contribution in [3.8, 4) is 0 Å². The molecular weight excluding hydrogens is 357 g/mol. The number of rotatable bonds is 7.